The molecule has 27 nitrogen and oxygen atoms in total. The lowest BCUT2D eigenvalue weighted by Gasteiger charge is -2.45. The Labute approximate surface area is 614 Å². The molecule has 6 aromatic heterocycles. The normalized spacial score (nSPS) is 21.9. The van der Waals surface area contributed by atoms with Crippen molar-refractivity contribution in [2.75, 3.05) is 56.5 Å². The van der Waals surface area contributed by atoms with Gasteiger partial charge in [0, 0.05) is 74.5 Å². The highest BCUT2D eigenvalue weighted by Gasteiger charge is 2.54. The molecule has 0 atom stereocenters. The van der Waals surface area contributed by atoms with E-state index in [9.17, 15) is 41.9 Å². The second-order valence-electron chi connectivity index (χ2n) is 29.7. The number of halogens is 3. The van der Waals surface area contributed by atoms with Gasteiger partial charge in [-0.05, 0) is 152 Å². The first-order chi connectivity index (χ1) is 51.2. The average Bonchev–Trinajstić information content (AvgIpc) is 1.61. The molecule has 3 aliphatic heterocycles. The van der Waals surface area contributed by atoms with E-state index in [-0.39, 0.29) is 92.7 Å². The Hall–Kier alpha value is -12.0. The highest BCUT2D eigenvalue weighted by Crippen LogP contribution is 2.57. The van der Waals surface area contributed by atoms with Crippen LogP contribution >= 0.6 is 0 Å². The maximum Gasteiger partial charge on any atom is 0.416 e. The van der Waals surface area contributed by atoms with Crippen LogP contribution in [0.1, 0.15) is 160 Å². The maximum absolute atomic E-state index is 13.0. The van der Waals surface area contributed by atoms with Crippen molar-refractivity contribution in [3.63, 3.8) is 0 Å². The zero-order valence-corrected chi connectivity index (χ0v) is 59.2. The fourth-order valence-corrected chi connectivity index (χ4v) is 16.7. The van der Waals surface area contributed by atoms with Crippen LogP contribution in [0.3, 0.4) is 0 Å². The van der Waals surface area contributed by atoms with Gasteiger partial charge in [0.05, 0.1) is 61.9 Å². The van der Waals surface area contributed by atoms with Crippen molar-refractivity contribution >= 4 is 52.9 Å². The minimum Gasteiger partial charge on any atom is -0.383 e. The number of hydrogen-bond acceptors (Lipinski definition) is 15. The van der Waals surface area contributed by atoms with Crippen LogP contribution in [0.15, 0.2) is 141 Å². The lowest BCUT2D eigenvalue weighted by Crippen LogP contribution is -2.42. The van der Waals surface area contributed by atoms with E-state index in [1.165, 1.54) is 53.1 Å². The van der Waals surface area contributed by atoms with Crippen molar-refractivity contribution < 1.29 is 41.9 Å². The lowest BCUT2D eigenvalue weighted by atomic mass is 9.65. The van der Waals surface area contributed by atoms with Gasteiger partial charge >= 0.3 is 6.18 Å². The Balaban J connectivity index is 0.000000135. The summed E-state index contributed by atoms with van der Waals surface area (Å²) in [6.45, 7) is 14.3. The number of hydrogen-bond donors (Lipinski definition) is 6. The van der Waals surface area contributed by atoms with Crippen LogP contribution in [0.2, 0.25) is 0 Å². The number of carbonyl (C=O) groups is 6. The lowest BCUT2D eigenvalue weighted by molar-refractivity contribution is -0.137. The van der Waals surface area contributed by atoms with Gasteiger partial charge in [0.1, 0.15) is 51.2 Å². The van der Waals surface area contributed by atoms with Crippen LogP contribution in [0.25, 0.3) is 33.8 Å². The molecular weight excluding hydrogens is 1370 g/mol. The SMILES string of the molecule is C=CC(=O)N1CCC2(CC(n3nc(-c4cnn(Cc5cccc(C(F)(F)F)c5)c4)c(C(N)=O)c3N)C2)C1.C=CC(=O)N1CCC2(CC(n3nc(-c4cnn(Cc5cccc(C6CC6)c5)c4)c(C(N)=O)c3N)C2)C1.CC#CC(=O)N1CCC2(CC(n3nc(-c4cnn(Cc5ccccc5)c4)c(C(N)=O)c3N)C2)C1. The third-order valence-corrected chi connectivity index (χ3v) is 22.3. The summed E-state index contributed by atoms with van der Waals surface area (Å²) in [7, 11) is 0. The van der Waals surface area contributed by atoms with Gasteiger partial charge in [0.15, 0.2) is 0 Å². The van der Waals surface area contributed by atoms with Crippen LogP contribution in [0.4, 0.5) is 30.6 Å². The number of rotatable bonds is 18. The largest absolute Gasteiger partial charge is 0.416 e. The minimum absolute atomic E-state index is 0.00931. The summed E-state index contributed by atoms with van der Waals surface area (Å²) in [5.41, 5.74) is 43.3. The van der Waals surface area contributed by atoms with Crippen molar-refractivity contribution in [1.82, 2.24) is 73.4 Å². The highest BCUT2D eigenvalue weighted by atomic mass is 19.4. The summed E-state index contributed by atoms with van der Waals surface area (Å²) in [6, 6.07) is 23.7. The number of nitrogens with zero attached hydrogens (tertiary/aromatic N) is 15. The monoisotopic (exact) mass is 1460 g/mol. The van der Waals surface area contributed by atoms with Crippen molar-refractivity contribution in [1.29, 1.82) is 0 Å². The molecule has 0 radical (unpaired) electrons. The predicted molar refractivity (Wildman–Crippen MR) is 392 cm³/mol. The Kier molecular flexibility index (Phi) is 19.1. The summed E-state index contributed by atoms with van der Waals surface area (Å²) >= 11 is 0. The van der Waals surface area contributed by atoms with Gasteiger partial charge in [-0.2, -0.15) is 43.8 Å². The third-order valence-electron chi connectivity index (χ3n) is 22.3. The van der Waals surface area contributed by atoms with Crippen LogP contribution in [-0.2, 0) is 40.2 Å². The molecule has 0 bridgehead atoms. The van der Waals surface area contributed by atoms with Crippen LogP contribution in [-0.4, -0.2) is 148 Å². The topological polar surface area (TPSA) is 375 Å². The zero-order chi connectivity index (χ0) is 75.4. The molecule has 107 heavy (non-hydrogen) atoms. The highest BCUT2D eigenvalue weighted by molar-refractivity contribution is 6.05. The molecule has 7 aliphatic rings. The van der Waals surface area contributed by atoms with Crippen molar-refractivity contribution in [3.05, 3.63) is 186 Å². The Bertz CT molecular complexity index is 5040. The van der Waals surface area contributed by atoms with Gasteiger partial charge in [-0.1, -0.05) is 85.8 Å². The number of alkyl halides is 3. The fraction of sp³-hybridized carbons (Fsp3) is 0.377. The first kappa shape index (κ1) is 71.9. The summed E-state index contributed by atoms with van der Waals surface area (Å²) in [4.78, 5) is 78.5. The molecule has 9 aromatic rings. The van der Waals surface area contributed by atoms with E-state index >= 15 is 0 Å². The molecule has 7 fully saturated rings. The molecule has 12 N–H and O–H groups in total. The molecule has 3 aromatic carbocycles. The average molecular weight is 1460 g/mol. The first-order valence-corrected chi connectivity index (χ1v) is 35.7. The van der Waals surface area contributed by atoms with E-state index in [1.807, 2.05) is 57.2 Å². The summed E-state index contributed by atoms with van der Waals surface area (Å²) in [5, 5.41) is 27.3. The van der Waals surface area contributed by atoms with E-state index in [4.69, 9.17) is 44.6 Å². The Morgan fingerprint density at radius 2 is 0.897 bits per heavy atom. The van der Waals surface area contributed by atoms with Crippen molar-refractivity contribution in [2.24, 2.45) is 33.4 Å². The number of aromatic nitrogens is 12. The minimum atomic E-state index is -4.44. The molecule has 30 heteroatoms. The molecule has 3 spiro atoms. The van der Waals surface area contributed by atoms with E-state index in [0.29, 0.717) is 84.6 Å². The zero-order valence-electron chi connectivity index (χ0n) is 59.2. The van der Waals surface area contributed by atoms with Crippen LogP contribution in [0, 0.1) is 28.1 Å². The number of primary amides is 3. The van der Waals surface area contributed by atoms with E-state index in [1.54, 1.807) is 55.2 Å². The maximum atomic E-state index is 13.0. The third kappa shape index (κ3) is 14.5. The molecule has 554 valence electrons. The predicted octanol–water partition coefficient (Wildman–Crippen LogP) is 8.38. The van der Waals surface area contributed by atoms with Crippen LogP contribution < -0.4 is 34.4 Å². The van der Waals surface area contributed by atoms with Gasteiger partial charge in [-0.15, -0.1) is 0 Å². The first-order valence-electron chi connectivity index (χ1n) is 35.7. The number of nitrogen functional groups attached to an aromatic ring is 3. The van der Waals surface area contributed by atoms with Crippen molar-refractivity contribution in [3.8, 4) is 45.6 Å². The summed E-state index contributed by atoms with van der Waals surface area (Å²) in [5.74, 6) is 4.55. The van der Waals surface area contributed by atoms with Gasteiger partial charge in [-0.3, -0.25) is 42.8 Å². The van der Waals surface area contributed by atoms with E-state index in [0.717, 1.165) is 88.6 Å². The van der Waals surface area contributed by atoms with E-state index < -0.39 is 29.5 Å². The quantitative estimate of drug-likeness (QED) is 0.0347. The molecule has 9 heterocycles. The van der Waals surface area contributed by atoms with E-state index in [2.05, 4.69) is 69.7 Å². The number of nitrogens with two attached hydrogens (primary N) is 6. The number of amides is 6. The summed E-state index contributed by atoms with van der Waals surface area (Å²) < 4.78 is 49.3. The molecule has 4 saturated carbocycles. The molecular formula is C77H84F3N21O6. The van der Waals surface area contributed by atoms with Gasteiger partial charge in [0.25, 0.3) is 23.6 Å². The molecule has 16 rings (SSSR count). The number of anilines is 3. The Morgan fingerprint density at radius 3 is 1.28 bits per heavy atom. The number of carbonyl (C=O) groups excluding carboxylic acids is 6. The second kappa shape index (κ2) is 28.4. The standard InChI is InChI=1S/C27H31N7O2.C25H26F3N7O2.C25H27N7O2/c1-2-22(35)32-9-8-27(16-32)11-21(12-27)34-25(28)23(26(29)36)24(31-34)20-13-30-33(15-20)14-17-4-3-5-19(10-17)18-6-7-18;1-2-19(36)33-7-6-24(14-33)9-18(10-24)35-22(29)20(23(30)37)21(32-35)16-11-31-34(13-16)12-15-4-3-5-17(8-15)25(26,27)28;1-2-6-20(33)30-10-9-25(16-30)11-19(12-25)32-23(26)21(24(27)34)22(29-32)18-13-28-31(15-18)14-17-7-4-3-5-8-17/h2-5,10,13,15,18,21H,1,6-9,11-12,14,16,28H2,(H2,29,36);2-5,8,11,13,18H,1,6-7,9-10,12,14,29H2,(H2,30,37);3-5,7-8,13,15,19H,9-12,14,16,26H2,1H3,(H2,27,34). The van der Waals surface area contributed by atoms with Crippen molar-refractivity contribution in [2.45, 2.75) is 127 Å². The smallest absolute Gasteiger partial charge is 0.383 e. The molecule has 6 amide bonds. The van der Waals surface area contributed by atoms with Gasteiger partial charge in [-0.25, -0.2) is 14.0 Å². The van der Waals surface area contributed by atoms with Gasteiger partial charge < -0.3 is 49.1 Å². The summed E-state index contributed by atoms with van der Waals surface area (Å²) in [6.07, 6.45) is 18.6. The Morgan fingerprint density at radius 1 is 0.523 bits per heavy atom. The second-order valence-corrected chi connectivity index (χ2v) is 29.7. The molecule has 0 unspecified atom stereocenters. The molecule has 3 saturated heterocycles. The fourth-order valence-electron chi connectivity index (χ4n) is 16.7. The van der Waals surface area contributed by atoms with Crippen LogP contribution in [0.5, 0.6) is 0 Å². The molecule has 4 aliphatic carbocycles. The number of benzene rings is 3. The van der Waals surface area contributed by atoms with Gasteiger partial charge in [0.2, 0.25) is 11.8 Å². The number of likely N-dealkylation sites (tertiary alicyclic amines) is 3.